The molecule has 20 heavy (non-hydrogen) atoms. The Labute approximate surface area is 113 Å². The van der Waals surface area contributed by atoms with Crippen molar-refractivity contribution in [3.8, 4) is 0 Å². The van der Waals surface area contributed by atoms with Gasteiger partial charge in [-0.15, -0.1) is 0 Å². The predicted molar refractivity (Wildman–Crippen MR) is 70.7 cm³/mol. The van der Waals surface area contributed by atoms with Crippen molar-refractivity contribution in [2.45, 2.75) is 13.3 Å². The lowest BCUT2D eigenvalue weighted by molar-refractivity contribution is -0.138. The van der Waals surface area contributed by atoms with Crippen molar-refractivity contribution in [3.63, 3.8) is 0 Å². The number of aromatic nitrogens is 2. The van der Waals surface area contributed by atoms with Crippen LogP contribution in [-0.2, 0) is 9.59 Å². The molecule has 9 nitrogen and oxygen atoms in total. The average Bonchev–Trinajstić information content (AvgIpc) is 2.32. The Kier molecular flexibility index (Phi) is 5.66. The number of rotatable bonds is 7. The van der Waals surface area contributed by atoms with E-state index < -0.39 is 23.1 Å². The van der Waals surface area contributed by atoms with Gasteiger partial charge in [-0.25, -0.2) is 4.79 Å². The molecule has 1 heterocycles. The number of aliphatic carboxylic acids is 1. The van der Waals surface area contributed by atoms with Crippen LogP contribution >= 0.6 is 0 Å². The molecule has 0 aliphatic heterocycles. The first-order valence-electron chi connectivity index (χ1n) is 5.98. The van der Waals surface area contributed by atoms with E-state index in [9.17, 15) is 19.2 Å². The Bertz CT molecular complexity index is 591. The van der Waals surface area contributed by atoms with Gasteiger partial charge in [0.1, 0.15) is 5.69 Å². The molecule has 0 fully saturated rings. The van der Waals surface area contributed by atoms with Crippen LogP contribution in [0.1, 0.15) is 13.3 Å². The Morgan fingerprint density at radius 1 is 1.35 bits per heavy atom. The van der Waals surface area contributed by atoms with Gasteiger partial charge < -0.3 is 15.4 Å². The maximum atomic E-state index is 11.7. The maximum absolute atomic E-state index is 11.7. The minimum atomic E-state index is -1.03. The molecule has 1 amide bonds. The van der Waals surface area contributed by atoms with Gasteiger partial charge in [-0.1, -0.05) is 6.92 Å². The van der Waals surface area contributed by atoms with Crippen LogP contribution in [0.5, 0.6) is 0 Å². The summed E-state index contributed by atoms with van der Waals surface area (Å²) >= 11 is 0. The fourth-order valence-corrected chi connectivity index (χ4v) is 1.62. The summed E-state index contributed by atoms with van der Waals surface area (Å²) in [6.45, 7) is 1.89. The van der Waals surface area contributed by atoms with Gasteiger partial charge in [0.15, 0.2) is 0 Å². The fourth-order valence-electron chi connectivity index (χ4n) is 1.62. The van der Waals surface area contributed by atoms with Crippen LogP contribution < -0.4 is 16.6 Å². The summed E-state index contributed by atoms with van der Waals surface area (Å²) in [7, 11) is 0. The number of carbonyl (C=O) groups is 2. The molecule has 0 aliphatic rings. The van der Waals surface area contributed by atoms with Gasteiger partial charge in [-0.05, 0) is 13.0 Å². The number of hydrogen-bond donors (Lipinski definition) is 4. The molecule has 4 N–H and O–H groups in total. The summed E-state index contributed by atoms with van der Waals surface area (Å²) in [5, 5.41) is 11.0. The highest BCUT2D eigenvalue weighted by molar-refractivity contribution is 5.92. The minimum Gasteiger partial charge on any atom is -0.480 e. The van der Waals surface area contributed by atoms with Crippen molar-refractivity contribution in [2.75, 3.05) is 25.0 Å². The Morgan fingerprint density at radius 3 is 2.60 bits per heavy atom. The van der Waals surface area contributed by atoms with E-state index >= 15 is 0 Å². The average molecular weight is 284 g/mol. The van der Waals surface area contributed by atoms with E-state index in [4.69, 9.17) is 5.11 Å². The largest absolute Gasteiger partial charge is 0.480 e. The van der Waals surface area contributed by atoms with Crippen LogP contribution in [0.2, 0.25) is 0 Å². The minimum absolute atomic E-state index is 0.0960. The highest BCUT2D eigenvalue weighted by Gasteiger charge is 2.14. The first-order chi connectivity index (χ1) is 9.42. The van der Waals surface area contributed by atoms with Crippen molar-refractivity contribution < 1.29 is 14.7 Å². The van der Waals surface area contributed by atoms with Crippen LogP contribution in [0.3, 0.4) is 0 Å². The van der Waals surface area contributed by atoms with Gasteiger partial charge in [0.05, 0.1) is 13.1 Å². The summed E-state index contributed by atoms with van der Waals surface area (Å²) < 4.78 is 0. The SMILES string of the molecule is CCCN(CC(=O)O)CC(=O)Nc1c[nH]c(=O)[nH]c1=O. The lowest BCUT2D eigenvalue weighted by Crippen LogP contribution is -2.38. The molecule has 0 aliphatic carbocycles. The first-order valence-corrected chi connectivity index (χ1v) is 5.98. The van der Waals surface area contributed by atoms with E-state index in [0.29, 0.717) is 13.0 Å². The van der Waals surface area contributed by atoms with Crippen molar-refractivity contribution in [3.05, 3.63) is 27.0 Å². The quantitative estimate of drug-likeness (QED) is 0.496. The van der Waals surface area contributed by atoms with Crippen LogP contribution in [-0.4, -0.2) is 51.5 Å². The van der Waals surface area contributed by atoms with Crippen molar-refractivity contribution in [2.24, 2.45) is 0 Å². The Balaban J connectivity index is 2.67. The van der Waals surface area contributed by atoms with E-state index in [0.717, 1.165) is 6.20 Å². The number of H-pyrrole nitrogens is 2. The molecule has 1 aromatic heterocycles. The highest BCUT2D eigenvalue weighted by Crippen LogP contribution is 1.96. The van der Waals surface area contributed by atoms with Crippen molar-refractivity contribution in [1.29, 1.82) is 0 Å². The van der Waals surface area contributed by atoms with Crippen LogP contribution in [0, 0.1) is 0 Å². The fraction of sp³-hybridized carbons (Fsp3) is 0.455. The smallest absolute Gasteiger partial charge is 0.325 e. The van der Waals surface area contributed by atoms with Crippen molar-refractivity contribution >= 4 is 17.6 Å². The topological polar surface area (TPSA) is 135 Å². The molecule has 9 heteroatoms. The van der Waals surface area contributed by atoms with Gasteiger partial charge >= 0.3 is 11.7 Å². The van der Waals surface area contributed by atoms with Gasteiger partial charge in [-0.2, -0.15) is 0 Å². The van der Waals surface area contributed by atoms with Crippen LogP contribution in [0.25, 0.3) is 0 Å². The molecular formula is C11H16N4O5. The van der Waals surface area contributed by atoms with Crippen LogP contribution in [0.15, 0.2) is 15.8 Å². The maximum Gasteiger partial charge on any atom is 0.325 e. The Morgan fingerprint density at radius 2 is 2.05 bits per heavy atom. The summed E-state index contributed by atoms with van der Waals surface area (Å²) in [5.41, 5.74) is -1.49. The molecule has 1 aromatic rings. The molecule has 110 valence electrons. The summed E-state index contributed by atoms with van der Waals surface area (Å²) in [6.07, 6.45) is 1.78. The molecule has 0 unspecified atom stereocenters. The molecule has 0 spiro atoms. The normalized spacial score (nSPS) is 10.5. The summed E-state index contributed by atoms with van der Waals surface area (Å²) in [4.78, 5) is 50.2. The number of aromatic amines is 2. The third-order valence-corrected chi connectivity index (χ3v) is 2.36. The van der Waals surface area contributed by atoms with E-state index in [1.165, 1.54) is 4.90 Å². The lowest BCUT2D eigenvalue weighted by atomic mass is 10.3. The molecule has 0 aromatic carbocycles. The van der Waals surface area contributed by atoms with Crippen LogP contribution in [0.4, 0.5) is 5.69 Å². The van der Waals surface area contributed by atoms with E-state index in [-0.39, 0.29) is 18.8 Å². The first kappa shape index (κ1) is 15.6. The Hall–Kier alpha value is -2.42. The van der Waals surface area contributed by atoms with Crippen molar-refractivity contribution in [1.82, 2.24) is 14.9 Å². The number of anilines is 1. The molecule has 0 saturated carbocycles. The predicted octanol–water partition coefficient (Wildman–Crippen LogP) is -1.20. The number of hydrogen-bond acceptors (Lipinski definition) is 5. The second-order valence-corrected chi connectivity index (χ2v) is 4.14. The molecule has 0 saturated heterocycles. The summed E-state index contributed by atoms with van der Waals surface area (Å²) in [6, 6.07) is 0. The van der Waals surface area contributed by atoms with Gasteiger partial charge in [0.2, 0.25) is 5.91 Å². The molecule has 0 atom stereocenters. The van der Waals surface area contributed by atoms with E-state index in [1.54, 1.807) is 0 Å². The lowest BCUT2D eigenvalue weighted by Gasteiger charge is -2.18. The monoisotopic (exact) mass is 284 g/mol. The summed E-state index contributed by atoms with van der Waals surface area (Å²) in [5.74, 6) is -1.56. The third kappa shape index (κ3) is 5.06. The highest BCUT2D eigenvalue weighted by atomic mass is 16.4. The van der Waals surface area contributed by atoms with Gasteiger partial charge in [0, 0.05) is 6.20 Å². The molecule has 0 radical (unpaired) electrons. The zero-order chi connectivity index (χ0) is 15.1. The number of nitrogens with one attached hydrogen (secondary N) is 3. The number of carbonyl (C=O) groups excluding carboxylic acids is 1. The second kappa shape index (κ2) is 7.24. The van der Waals surface area contributed by atoms with Gasteiger partial charge in [-0.3, -0.25) is 24.3 Å². The number of carboxylic acids is 1. The second-order valence-electron chi connectivity index (χ2n) is 4.14. The van der Waals surface area contributed by atoms with Gasteiger partial charge in [0.25, 0.3) is 5.56 Å². The van der Waals surface area contributed by atoms with E-state index in [1.807, 2.05) is 11.9 Å². The molecule has 0 bridgehead atoms. The number of amides is 1. The number of carboxylic acid groups (broad SMARTS) is 1. The standard InChI is InChI=1S/C11H16N4O5/c1-2-3-15(6-9(17)18)5-8(16)13-7-4-12-11(20)14-10(7)19/h4H,2-3,5-6H2,1H3,(H,13,16)(H,17,18)(H2,12,14,19,20). The van der Waals surface area contributed by atoms with E-state index in [2.05, 4.69) is 10.3 Å². The zero-order valence-corrected chi connectivity index (χ0v) is 10.9. The zero-order valence-electron chi connectivity index (χ0n) is 10.9. The number of nitrogens with zero attached hydrogens (tertiary/aromatic N) is 1. The third-order valence-electron chi connectivity index (χ3n) is 2.36. The molecule has 1 rings (SSSR count). The molecular weight excluding hydrogens is 268 g/mol.